The summed E-state index contributed by atoms with van der Waals surface area (Å²) in [7, 11) is 3.23. The van der Waals surface area contributed by atoms with Gasteiger partial charge in [0.2, 0.25) is 0 Å². The van der Waals surface area contributed by atoms with Gasteiger partial charge >= 0.3 is 0 Å². The van der Waals surface area contributed by atoms with Crippen LogP contribution in [0.15, 0.2) is 36.4 Å². The third kappa shape index (κ3) is 3.89. The molecule has 116 valence electrons. The Hall–Kier alpha value is -2.27. The van der Waals surface area contributed by atoms with E-state index >= 15 is 0 Å². The van der Waals surface area contributed by atoms with Gasteiger partial charge in [-0.05, 0) is 49.8 Å². The van der Waals surface area contributed by atoms with E-state index in [1.165, 1.54) is 5.56 Å². The molecule has 0 aliphatic rings. The summed E-state index contributed by atoms with van der Waals surface area (Å²) in [6.07, 6.45) is 0. The lowest BCUT2D eigenvalue weighted by Crippen LogP contribution is -2.19. The Morgan fingerprint density at radius 2 is 1.50 bits per heavy atom. The molecule has 4 nitrogen and oxygen atoms in total. The van der Waals surface area contributed by atoms with E-state index < -0.39 is 0 Å². The second-order valence-electron chi connectivity index (χ2n) is 4.97. The molecule has 2 aromatic rings. The van der Waals surface area contributed by atoms with E-state index in [0.717, 1.165) is 16.9 Å². The number of thiocarbonyl (C=S) groups is 1. The van der Waals surface area contributed by atoms with Gasteiger partial charge in [0.25, 0.3) is 0 Å². The number of hydrogen-bond donors (Lipinski definition) is 2. The van der Waals surface area contributed by atoms with Crippen molar-refractivity contribution in [3.8, 4) is 11.5 Å². The fraction of sp³-hybridized carbons (Fsp3) is 0.235. The van der Waals surface area contributed by atoms with Crippen molar-refractivity contribution >= 4 is 28.7 Å². The third-order valence-corrected chi connectivity index (χ3v) is 3.49. The highest BCUT2D eigenvalue weighted by atomic mass is 32.1. The fourth-order valence-corrected chi connectivity index (χ4v) is 2.26. The van der Waals surface area contributed by atoms with E-state index in [4.69, 9.17) is 21.7 Å². The molecule has 0 heterocycles. The molecule has 0 aliphatic heterocycles. The van der Waals surface area contributed by atoms with Gasteiger partial charge in [0, 0.05) is 17.4 Å². The van der Waals surface area contributed by atoms with Gasteiger partial charge in [-0.3, -0.25) is 0 Å². The van der Waals surface area contributed by atoms with Crippen LogP contribution in [0.2, 0.25) is 0 Å². The molecule has 2 rings (SSSR count). The molecule has 0 atom stereocenters. The molecule has 0 radical (unpaired) electrons. The van der Waals surface area contributed by atoms with Crippen LogP contribution in [0.3, 0.4) is 0 Å². The lowest BCUT2D eigenvalue weighted by molar-refractivity contribution is 0.355. The number of aryl methyl sites for hydroxylation is 2. The normalized spacial score (nSPS) is 10.0. The first-order chi connectivity index (χ1) is 10.5. The number of ether oxygens (including phenoxy) is 2. The molecule has 0 spiro atoms. The quantitative estimate of drug-likeness (QED) is 0.830. The second-order valence-corrected chi connectivity index (χ2v) is 5.38. The Kier molecular flexibility index (Phi) is 5.22. The second kappa shape index (κ2) is 7.13. The van der Waals surface area contributed by atoms with Crippen molar-refractivity contribution in [1.82, 2.24) is 0 Å². The van der Waals surface area contributed by atoms with Crippen molar-refractivity contribution < 1.29 is 9.47 Å². The van der Waals surface area contributed by atoms with Crippen LogP contribution in [0.5, 0.6) is 11.5 Å². The monoisotopic (exact) mass is 316 g/mol. The first-order valence-electron chi connectivity index (χ1n) is 6.90. The standard InChI is InChI=1S/C17H20N2O2S/c1-11-5-7-13(8-6-11)18-17(22)19-14-10-16(21-4)15(20-3)9-12(14)2/h5-10H,1-4H3,(H2,18,19,22). The Bertz CT molecular complexity index is 669. The maximum absolute atomic E-state index is 5.36. The highest BCUT2D eigenvalue weighted by molar-refractivity contribution is 7.80. The van der Waals surface area contributed by atoms with E-state index in [9.17, 15) is 0 Å². The van der Waals surface area contributed by atoms with Crippen molar-refractivity contribution in [3.05, 3.63) is 47.5 Å². The minimum atomic E-state index is 0.527. The minimum absolute atomic E-state index is 0.527. The number of methoxy groups -OCH3 is 2. The molecule has 2 N–H and O–H groups in total. The van der Waals surface area contributed by atoms with Crippen molar-refractivity contribution in [2.75, 3.05) is 24.9 Å². The Labute approximate surface area is 136 Å². The predicted molar refractivity (Wildman–Crippen MR) is 95.3 cm³/mol. The average molecular weight is 316 g/mol. The van der Waals surface area contributed by atoms with Gasteiger partial charge in [-0.15, -0.1) is 0 Å². The highest BCUT2D eigenvalue weighted by Crippen LogP contribution is 2.32. The van der Waals surface area contributed by atoms with Crippen molar-refractivity contribution in [2.24, 2.45) is 0 Å². The van der Waals surface area contributed by atoms with Crippen LogP contribution < -0.4 is 20.1 Å². The molecule has 0 bridgehead atoms. The van der Waals surface area contributed by atoms with Gasteiger partial charge in [0.1, 0.15) is 0 Å². The summed E-state index contributed by atoms with van der Waals surface area (Å²) in [6, 6.07) is 11.8. The molecule has 0 unspecified atom stereocenters. The van der Waals surface area contributed by atoms with Crippen LogP contribution in [-0.4, -0.2) is 19.3 Å². The summed E-state index contributed by atoms with van der Waals surface area (Å²) in [5.74, 6) is 1.36. The maximum Gasteiger partial charge on any atom is 0.175 e. The van der Waals surface area contributed by atoms with Gasteiger partial charge in [-0.25, -0.2) is 0 Å². The summed E-state index contributed by atoms with van der Waals surface area (Å²) in [5, 5.41) is 6.87. The van der Waals surface area contributed by atoms with Crippen LogP contribution in [0.1, 0.15) is 11.1 Å². The number of nitrogens with one attached hydrogen (secondary N) is 2. The molecule has 5 heteroatoms. The average Bonchev–Trinajstić information content (AvgIpc) is 2.51. The fourth-order valence-electron chi connectivity index (χ4n) is 2.04. The molecule has 2 aromatic carbocycles. The van der Waals surface area contributed by atoms with Crippen molar-refractivity contribution in [1.29, 1.82) is 0 Å². The zero-order chi connectivity index (χ0) is 16.1. The van der Waals surface area contributed by atoms with Gasteiger partial charge in [-0.2, -0.15) is 0 Å². The zero-order valence-corrected chi connectivity index (χ0v) is 14.0. The van der Waals surface area contributed by atoms with Crippen molar-refractivity contribution in [3.63, 3.8) is 0 Å². The number of anilines is 2. The molecule has 0 saturated heterocycles. The molecule has 22 heavy (non-hydrogen) atoms. The number of rotatable bonds is 4. The van der Waals surface area contributed by atoms with Gasteiger partial charge in [-0.1, -0.05) is 17.7 Å². The van der Waals surface area contributed by atoms with Crippen LogP contribution >= 0.6 is 12.2 Å². The zero-order valence-electron chi connectivity index (χ0n) is 13.2. The first kappa shape index (κ1) is 16.1. The Morgan fingerprint density at radius 1 is 0.909 bits per heavy atom. The van der Waals surface area contributed by atoms with Crippen molar-refractivity contribution in [2.45, 2.75) is 13.8 Å². The van der Waals surface area contributed by atoms with Gasteiger partial charge in [0.15, 0.2) is 16.6 Å². The largest absolute Gasteiger partial charge is 0.493 e. The van der Waals surface area contributed by atoms with Crippen LogP contribution in [0.4, 0.5) is 11.4 Å². The molecule has 0 saturated carbocycles. The summed E-state index contributed by atoms with van der Waals surface area (Å²) in [4.78, 5) is 0. The molecule has 0 aliphatic carbocycles. The topological polar surface area (TPSA) is 42.5 Å². The summed E-state index contributed by atoms with van der Waals surface area (Å²) >= 11 is 5.36. The lowest BCUT2D eigenvalue weighted by Gasteiger charge is -2.15. The number of benzene rings is 2. The minimum Gasteiger partial charge on any atom is -0.493 e. The summed E-state index contributed by atoms with van der Waals surface area (Å²) < 4.78 is 10.6. The van der Waals surface area contributed by atoms with Crippen LogP contribution in [0.25, 0.3) is 0 Å². The first-order valence-corrected chi connectivity index (χ1v) is 7.31. The predicted octanol–water partition coefficient (Wildman–Crippen LogP) is 4.13. The molecule has 0 aromatic heterocycles. The Balaban J connectivity index is 2.12. The number of hydrogen-bond acceptors (Lipinski definition) is 3. The SMILES string of the molecule is COc1cc(C)c(NC(=S)Nc2ccc(C)cc2)cc1OC. The van der Waals surface area contributed by atoms with Gasteiger partial charge < -0.3 is 20.1 Å². The Morgan fingerprint density at radius 3 is 2.09 bits per heavy atom. The lowest BCUT2D eigenvalue weighted by atomic mass is 10.1. The summed E-state index contributed by atoms with van der Waals surface area (Å²) in [6.45, 7) is 4.03. The van der Waals surface area contributed by atoms with Crippen LogP contribution in [0, 0.1) is 13.8 Å². The van der Waals surface area contributed by atoms with E-state index in [0.29, 0.717) is 16.6 Å². The molecular weight excluding hydrogens is 296 g/mol. The van der Waals surface area contributed by atoms with E-state index in [1.54, 1.807) is 14.2 Å². The summed E-state index contributed by atoms with van der Waals surface area (Å²) in [5.41, 5.74) is 4.05. The maximum atomic E-state index is 5.36. The van der Waals surface area contributed by atoms with E-state index in [-0.39, 0.29) is 0 Å². The molecule has 0 amide bonds. The molecule has 0 fully saturated rings. The van der Waals surface area contributed by atoms with E-state index in [1.807, 2.05) is 50.2 Å². The molecular formula is C17H20N2O2S. The smallest absolute Gasteiger partial charge is 0.175 e. The highest BCUT2D eigenvalue weighted by Gasteiger charge is 2.09. The third-order valence-electron chi connectivity index (χ3n) is 3.29. The van der Waals surface area contributed by atoms with Crippen LogP contribution in [-0.2, 0) is 0 Å². The van der Waals surface area contributed by atoms with E-state index in [2.05, 4.69) is 10.6 Å². The van der Waals surface area contributed by atoms with Gasteiger partial charge in [0.05, 0.1) is 14.2 Å².